The van der Waals surface area contributed by atoms with E-state index in [9.17, 15) is 14.7 Å². The summed E-state index contributed by atoms with van der Waals surface area (Å²) in [7, 11) is 1.22. The molecule has 0 aliphatic carbocycles. The molecule has 0 aliphatic heterocycles. The van der Waals surface area contributed by atoms with Gasteiger partial charge in [0.2, 0.25) is 0 Å². The number of esters is 1. The Hall–Kier alpha value is -2.50. The Morgan fingerprint density at radius 1 is 1.37 bits per heavy atom. The van der Waals surface area contributed by atoms with Crippen LogP contribution in [0.1, 0.15) is 18.5 Å². The quantitative estimate of drug-likeness (QED) is 0.567. The fraction of sp³-hybridized carbons (Fsp3) is 0.231. The zero-order valence-corrected chi connectivity index (χ0v) is 10.5. The molecule has 0 heterocycles. The van der Waals surface area contributed by atoms with E-state index in [0.717, 1.165) is 6.08 Å². The van der Waals surface area contributed by atoms with Gasteiger partial charge in [-0.3, -0.25) is 0 Å². The van der Waals surface area contributed by atoms with Crippen molar-refractivity contribution in [2.24, 2.45) is 0 Å². The van der Waals surface area contributed by atoms with E-state index >= 15 is 0 Å². The van der Waals surface area contributed by atoms with Crippen LogP contribution in [0.4, 0.5) is 0 Å². The second-order valence-corrected chi connectivity index (χ2v) is 3.84. The van der Waals surface area contributed by atoms with Crippen LogP contribution in [-0.4, -0.2) is 24.2 Å². The minimum atomic E-state index is -1.34. The van der Waals surface area contributed by atoms with Crippen molar-refractivity contribution < 1.29 is 24.5 Å². The van der Waals surface area contributed by atoms with Crippen molar-refractivity contribution in [1.82, 2.24) is 5.32 Å². The zero-order valence-electron chi connectivity index (χ0n) is 10.5. The molecule has 0 fully saturated rings. The lowest BCUT2D eigenvalue weighted by Gasteiger charge is -2.21. The molecule has 2 N–H and O–H groups in total. The van der Waals surface area contributed by atoms with Gasteiger partial charge < -0.3 is 25.1 Å². The molecule has 102 valence electrons. The van der Waals surface area contributed by atoms with Crippen LogP contribution in [0.15, 0.2) is 36.0 Å². The molecule has 0 amide bonds. The maximum atomic E-state index is 11.1. The predicted octanol–water partition coefficient (Wildman–Crippen LogP) is -0.150. The predicted molar refractivity (Wildman–Crippen MR) is 64.8 cm³/mol. The third-order valence-corrected chi connectivity index (χ3v) is 2.37. The van der Waals surface area contributed by atoms with E-state index in [-0.39, 0.29) is 5.75 Å². The molecule has 0 bridgehead atoms. The van der Waals surface area contributed by atoms with E-state index < -0.39 is 18.0 Å². The van der Waals surface area contributed by atoms with Crippen LogP contribution in [0, 0.1) is 0 Å². The second-order valence-electron chi connectivity index (χ2n) is 3.84. The average molecular weight is 264 g/mol. The van der Waals surface area contributed by atoms with Gasteiger partial charge in [-0.1, -0.05) is 12.1 Å². The molecule has 0 saturated carbocycles. The van der Waals surface area contributed by atoms with Crippen LogP contribution < -0.4 is 10.4 Å². The molecule has 1 aromatic rings. The smallest absolute Gasteiger partial charge is 0.332 e. The minimum absolute atomic E-state index is 0.0303. The summed E-state index contributed by atoms with van der Waals surface area (Å²) < 4.78 is 4.43. The maximum Gasteiger partial charge on any atom is 0.332 e. The monoisotopic (exact) mass is 264 g/mol. The first kappa shape index (κ1) is 14.6. The normalized spacial score (nSPS) is 12.6. The van der Waals surface area contributed by atoms with Crippen molar-refractivity contribution in [2.45, 2.75) is 13.0 Å². The summed E-state index contributed by atoms with van der Waals surface area (Å²) in [5, 5.41) is 22.9. The molecule has 0 spiro atoms. The van der Waals surface area contributed by atoms with E-state index in [4.69, 9.17) is 5.11 Å². The van der Waals surface area contributed by atoms with Crippen molar-refractivity contribution in [1.29, 1.82) is 0 Å². The van der Waals surface area contributed by atoms with Gasteiger partial charge in [-0.05, 0) is 24.6 Å². The van der Waals surface area contributed by atoms with Crippen molar-refractivity contribution in [2.75, 3.05) is 7.11 Å². The van der Waals surface area contributed by atoms with Gasteiger partial charge in [-0.25, -0.2) is 4.79 Å². The number of aliphatic carboxylic acids is 1. The molecule has 6 heteroatoms. The van der Waals surface area contributed by atoms with Crippen LogP contribution >= 0.6 is 0 Å². The van der Waals surface area contributed by atoms with Gasteiger partial charge in [0.25, 0.3) is 0 Å². The first-order valence-electron chi connectivity index (χ1n) is 5.46. The molecule has 1 aromatic carbocycles. The number of hydrogen-bond acceptors (Lipinski definition) is 6. The zero-order chi connectivity index (χ0) is 14.4. The highest BCUT2D eigenvalue weighted by atomic mass is 16.5. The topological polar surface area (TPSA) is 98.7 Å². The molecule has 1 rings (SSSR count). The minimum Gasteiger partial charge on any atom is -0.548 e. The Bertz CT molecular complexity index is 492. The number of aromatic hydroxyl groups is 1. The van der Waals surface area contributed by atoms with E-state index in [1.165, 1.54) is 38.3 Å². The van der Waals surface area contributed by atoms with Crippen LogP contribution in [0.25, 0.3) is 0 Å². The third kappa shape index (κ3) is 4.34. The van der Waals surface area contributed by atoms with Crippen molar-refractivity contribution in [3.05, 3.63) is 41.6 Å². The largest absolute Gasteiger partial charge is 0.548 e. The SMILES string of the molecule is COC(=O)C=C(C)N[C@@H](C(=O)[O-])c1ccc(O)cc1. The van der Waals surface area contributed by atoms with Gasteiger partial charge in [0.15, 0.2) is 0 Å². The number of ether oxygens (including phenoxy) is 1. The van der Waals surface area contributed by atoms with Crippen molar-refractivity contribution >= 4 is 11.9 Å². The van der Waals surface area contributed by atoms with Gasteiger partial charge in [0, 0.05) is 11.8 Å². The van der Waals surface area contributed by atoms with E-state index in [0.29, 0.717) is 11.3 Å². The number of methoxy groups -OCH3 is 1. The summed E-state index contributed by atoms with van der Waals surface area (Å²) in [6.45, 7) is 1.53. The molecule has 0 radical (unpaired) electrons. The number of carboxylic acids is 1. The molecule has 6 nitrogen and oxygen atoms in total. The first-order valence-corrected chi connectivity index (χ1v) is 5.46. The first-order chi connectivity index (χ1) is 8.93. The summed E-state index contributed by atoms with van der Waals surface area (Å²) in [5.41, 5.74) is 0.726. The van der Waals surface area contributed by atoms with Gasteiger partial charge in [-0.2, -0.15) is 0 Å². The van der Waals surface area contributed by atoms with Crippen LogP contribution in [-0.2, 0) is 14.3 Å². The second kappa shape index (κ2) is 6.44. The summed E-state index contributed by atoms with van der Waals surface area (Å²) in [4.78, 5) is 22.1. The van der Waals surface area contributed by atoms with Crippen LogP contribution in [0.2, 0.25) is 0 Å². The molecule has 0 unspecified atom stereocenters. The van der Waals surface area contributed by atoms with Crippen molar-refractivity contribution in [3.63, 3.8) is 0 Å². The Kier molecular flexibility index (Phi) is 4.93. The molecular weight excluding hydrogens is 250 g/mol. The molecule has 0 aliphatic rings. The van der Waals surface area contributed by atoms with Crippen LogP contribution in [0.5, 0.6) is 5.75 Å². The number of allylic oxidation sites excluding steroid dienone is 1. The number of carboxylic acid groups (broad SMARTS) is 1. The van der Waals surface area contributed by atoms with E-state index in [1.54, 1.807) is 0 Å². The fourth-order valence-corrected chi connectivity index (χ4v) is 1.45. The van der Waals surface area contributed by atoms with E-state index in [1.807, 2.05) is 0 Å². The Labute approximate surface area is 110 Å². The average Bonchev–Trinajstić information content (AvgIpc) is 2.36. The number of benzene rings is 1. The Balaban J connectivity index is 2.91. The lowest BCUT2D eigenvalue weighted by Crippen LogP contribution is -2.38. The van der Waals surface area contributed by atoms with Crippen LogP contribution in [0.3, 0.4) is 0 Å². The number of carbonyl (C=O) groups is 2. The molecular formula is C13H14NO5-. The maximum absolute atomic E-state index is 11.1. The highest BCUT2D eigenvalue weighted by molar-refractivity contribution is 5.82. The number of carbonyl (C=O) groups excluding carboxylic acids is 2. The molecule has 19 heavy (non-hydrogen) atoms. The Morgan fingerprint density at radius 3 is 2.42 bits per heavy atom. The molecule has 1 atom stereocenters. The van der Waals surface area contributed by atoms with Gasteiger partial charge in [-0.15, -0.1) is 0 Å². The highest BCUT2D eigenvalue weighted by Gasteiger charge is 2.13. The number of rotatable bonds is 5. The Morgan fingerprint density at radius 2 is 1.95 bits per heavy atom. The molecule has 0 aromatic heterocycles. The standard InChI is InChI=1S/C13H15NO5/c1-8(7-11(16)19-2)14-12(13(17)18)9-3-5-10(15)6-4-9/h3-7,12,14-15H,1-2H3,(H,17,18)/p-1/t12-/m1/s1. The highest BCUT2D eigenvalue weighted by Crippen LogP contribution is 2.17. The van der Waals surface area contributed by atoms with E-state index in [2.05, 4.69) is 10.1 Å². The number of hydrogen-bond donors (Lipinski definition) is 2. The third-order valence-electron chi connectivity index (χ3n) is 2.37. The van der Waals surface area contributed by atoms with Gasteiger partial charge in [0.1, 0.15) is 5.75 Å². The van der Waals surface area contributed by atoms with Crippen molar-refractivity contribution in [3.8, 4) is 5.75 Å². The lowest BCUT2D eigenvalue weighted by molar-refractivity contribution is -0.308. The summed E-state index contributed by atoms with van der Waals surface area (Å²) in [6, 6.07) is 4.52. The lowest BCUT2D eigenvalue weighted by atomic mass is 10.1. The molecule has 0 saturated heterocycles. The number of phenolic OH excluding ortho intramolecular Hbond substituents is 1. The van der Waals surface area contributed by atoms with Gasteiger partial charge >= 0.3 is 5.97 Å². The summed E-state index contributed by atoms with van der Waals surface area (Å²) >= 11 is 0. The number of nitrogens with one attached hydrogen (secondary N) is 1. The summed E-state index contributed by atoms with van der Waals surface area (Å²) in [6.07, 6.45) is 1.14. The summed E-state index contributed by atoms with van der Waals surface area (Å²) in [5.74, 6) is -1.90. The van der Waals surface area contributed by atoms with Gasteiger partial charge in [0.05, 0.1) is 19.1 Å². The number of phenols is 1. The fourth-order valence-electron chi connectivity index (χ4n) is 1.45.